The van der Waals surface area contributed by atoms with Gasteiger partial charge in [0.05, 0.1) is 0 Å². The first-order valence-corrected chi connectivity index (χ1v) is 8.68. The lowest BCUT2D eigenvalue weighted by Gasteiger charge is -2.33. The second-order valence-electron chi connectivity index (χ2n) is 5.08. The fourth-order valence-corrected chi connectivity index (χ4v) is 3.16. The second kappa shape index (κ2) is 11.4. The summed E-state index contributed by atoms with van der Waals surface area (Å²) in [6.07, 6.45) is 8.08. The van der Waals surface area contributed by atoms with Gasteiger partial charge in [0, 0.05) is 6.54 Å². The number of rotatable bonds is 12. The molecule has 0 amide bonds. The van der Waals surface area contributed by atoms with Gasteiger partial charge in [0.1, 0.15) is 0 Å². The summed E-state index contributed by atoms with van der Waals surface area (Å²) in [4.78, 5) is 0. The van der Waals surface area contributed by atoms with Crippen molar-refractivity contribution in [3.8, 4) is 0 Å². The Morgan fingerprint density at radius 2 is 1.76 bits per heavy atom. The molecule has 0 aromatic carbocycles. The first-order chi connectivity index (χ1) is 8.24. The minimum absolute atomic E-state index is 0.563. The van der Waals surface area contributed by atoms with E-state index in [1.165, 1.54) is 63.1 Å². The van der Waals surface area contributed by atoms with Crippen molar-refractivity contribution in [2.75, 3.05) is 24.6 Å². The third-order valence-corrected chi connectivity index (χ3v) is 4.62. The van der Waals surface area contributed by atoms with Crippen molar-refractivity contribution in [1.29, 1.82) is 0 Å². The van der Waals surface area contributed by atoms with Crippen LogP contribution in [-0.2, 0) is 0 Å². The minimum atomic E-state index is 0.563. The Hall–Kier alpha value is 0.310. The Balaban J connectivity index is 4.17. The molecule has 104 valence electrons. The van der Waals surface area contributed by atoms with Gasteiger partial charge in [-0.1, -0.05) is 40.5 Å². The molecule has 1 unspecified atom stereocenters. The molecule has 0 saturated carbocycles. The second-order valence-corrected chi connectivity index (χ2v) is 6.47. The predicted octanol–water partition coefficient (Wildman–Crippen LogP) is 4.72. The zero-order valence-corrected chi connectivity index (χ0v) is 13.3. The Kier molecular flexibility index (Phi) is 11.6. The first-order valence-electron chi connectivity index (χ1n) is 7.53. The van der Waals surface area contributed by atoms with Gasteiger partial charge in [-0.05, 0) is 49.1 Å². The molecule has 1 nitrogen and oxygen atoms in total. The maximum atomic E-state index is 3.65. The van der Waals surface area contributed by atoms with E-state index in [9.17, 15) is 0 Å². The smallest absolute Gasteiger partial charge is 0.000800 e. The van der Waals surface area contributed by atoms with Crippen LogP contribution in [0.2, 0.25) is 0 Å². The molecule has 1 atom stereocenters. The largest absolute Gasteiger partial charge is 0.316 e. The fraction of sp³-hybridized carbons (Fsp3) is 1.00. The van der Waals surface area contributed by atoms with Crippen molar-refractivity contribution in [3.05, 3.63) is 0 Å². The van der Waals surface area contributed by atoms with Gasteiger partial charge >= 0.3 is 0 Å². The van der Waals surface area contributed by atoms with Crippen molar-refractivity contribution >= 4 is 11.8 Å². The van der Waals surface area contributed by atoms with Gasteiger partial charge in [-0.3, -0.25) is 0 Å². The van der Waals surface area contributed by atoms with Gasteiger partial charge in [0.25, 0.3) is 0 Å². The third kappa shape index (κ3) is 8.10. The zero-order valence-electron chi connectivity index (χ0n) is 12.5. The minimum Gasteiger partial charge on any atom is -0.316 e. The van der Waals surface area contributed by atoms with Crippen LogP contribution in [0.5, 0.6) is 0 Å². The lowest BCUT2D eigenvalue weighted by Crippen LogP contribution is -2.35. The highest BCUT2D eigenvalue weighted by molar-refractivity contribution is 7.99. The van der Waals surface area contributed by atoms with E-state index >= 15 is 0 Å². The van der Waals surface area contributed by atoms with Gasteiger partial charge in [-0.25, -0.2) is 0 Å². The SMILES string of the molecule is CCCCC(CC)(CCSCC)CNCCC. The number of nitrogens with one attached hydrogen (secondary N) is 1. The molecule has 17 heavy (non-hydrogen) atoms. The lowest BCUT2D eigenvalue weighted by molar-refractivity contribution is 0.224. The van der Waals surface area contributed by atoms with Crippen LogP contribution in [0.25, 0.3) is 0 Å². The van der Waals surface area contributed by atoms with Crippen LogP contribution in [-0.4, -0.2) is 24.6 Å². The number of thioether (sulfide) groups is 1. The van der Waals surface area contributed by atoms with Crippen LogP contribution in [0.15, 0.2) is 0 Å². The molecular formula is C15H33NS. The van der Waals surface area contributed by atoms with Gasteiger partial charge in [-0.2, -0.15) is 11.8 Å². The molecule has 0 heterocycles. The van der Waals surface area contributed by atoms with Crippen LogP contribution in [0.1, 0.15) is 66.2 Å². The number of hydrogen-bond acceptors (Lipinski definition) is 2. The van der Waals surface area contributed by atoms with Gasteiger partial charge in [0.2, 0.25) is 0 Å². The summed E-state index contributed by atoms with van der Waals surface area (Å²) >= 11 is 2.10. The standard InChI is InChI=1S/C15H33NS/c1-5-9-10-15(7-3,11-13-17-8-4)14-16-12-6-2/h16H,5-14H2,1-4H3. The molecule has 0 aliphatic rings. The van der Waals surface area contributed by atoms with Gasteiger partial charge in [0.15, 0.2) is 0 Å². The predicted molar refractivity (Wildman–Crippen MR) is 83.0 cm³/mol. The molecule has 0 bridgehead atoms. The maximum Gasteiger partial charge on any atom is 0.000800 e. The highest BCUT2D eigenvalue weighted by Gasteiger charge is 2.26. The van der Waals surface area contributed by atoms with Crippen molar-refractivity contribution < 1.29 is 0 Å². The Labute approximate surface area is 114 Å². The molecule has 1 N–H and O–H groups in total. The molecule has 0 spiro atoms. The molecule has 0 radical (unpaired) electrons. The molecule has 0 saturated heterocycles. The number of unbranched alkanes of at least 4 members (excludes halogenated alkanes) is 1. The van der Waals surface area contributed by atoms with E-state index in [0.717, 1.165) is 0 Å². The summed E-state index contributed by atoms with van der Waals surface area (Å²) in [5.41, 5.74) is 0.563. The third-order valence-electron chi connectivity index (χ3n) is 3.72. The normalized spacial score (nSPS) is 14.8. The van der Waals surface area contributed by atoms with Crippen LogP contribution in [0.4, 0.5) is 0 Å². The number of hydrogen-bond donors (Lipinski definition) is 1. The first kappa shape index (κ1) is 17.3. The van der Waals surface area contributed by atoms with Crippen LogP contribution >= 0.6 is 11.8 Å². The van der Waals surface area contributed by atoms with Crippen LogP contribution < -0.4 is 5.32 Å². The molecule has 0 aromatic rings. The van der Waals surface area contributed by atoms with E-state index < -0.39 is 0 Å². The van der Waals surface area contributed by atoms with E-state index in [2.05, 4.69) is 44.8 Å². The Bertz CT molecular complexity index is 149. The summed E-state index contributed by atoms with van der Waals surface area (Å²) in [7, 11) is 0. The molecule has 0 aliphatic heterocycles. The van der Waals surface area contributed by atoms with E-state index in [1.807, 2.05) is 0 Å². The van der Waals surface area contributed by atoms with E-state index in [4.69, 9.17) is 0 Å². The maximum absolute atomic E-state index is 3.65. The summed E-state index contributed by atoms with van der Waals surface area (Å²) in [6, 6.07) is 0. The zero-order chi connectivity index (χ0) is 13.0. The van der Waals surface area contributed by atoms with Gasteiger partial charge in [-0.15, -0.1) is 0 Å². The highest BCUT2D eigenvalue weighted by Crippen LogP contribution is 2.33. The molecule has 2 heteroatoms. The Morgan fingerprint density at radius 3 is 2.29 bits per heavy atom. The summed E-state index contributed by atoms with van der Waals surface area (Å²) < 4.78 is 0. The summed E-state index contributed by atoms with van der Waals surface area (Å²) in [5, 5.41) is 3.65. The molecular weight excluding hydrogens is 226 g/mol. The van der Waals surface area contributed by atoms with Crippen molar-refractivity contribution in [3.63, 3.8) is 0 Å². The molecule has 0 rings (SSSR count). The highest BCUT2D eigenvalue weighted by atomic mass is 32.2. The lowest BCUT2D eigenvalue weighted by atomic mass is 9.77. The van der Waals surface area contributed by atoms with Crippen molar-refractivity contribution in [2.45, 2.75) is 66.2 Å². The summed E-state index contributed by atoms with van der Waals surface area (Å²) in [6.45, 7) is 11.6. The van der Waals surface area contributed by atoms with E-state index in [1.54, 1.807) is 0 Å². The van der Waals surface area contributed by atoms with E-state index in [-0.39, 0.29) is 0 Å². The van der Waals surface area contributed by atoms with Gasteiger partial charge < -0.3 is 5.32 Å². The molecule has 0 aliphatic carbocycles. The quantitative estimate of drug-likeness (QED) is 0.509. The molecule has 0 fully saturated rings. The fourth-order valence-electron chi connectivity index (χ4n) is 2.30. The summed E-state index contributed by atoms with van der Waals surface area (Å²) in [5.74, 6) is 2.60. The van der Waals surface area contributed by atoms with E-state index in [0.29, 0.717) is 5.41 Å². The topological polar surface area (TPSA) is 12.0 Å². The van der Waals surface area contributed by atoms with Crippen molar-refractivity contribution in [2.24, 2.45) is 5.41 Å². The average molecular weight is 260 g/mol. The van der Waals surface area contributed by atoms with Crippen LogP contribution in [0, 0.1) is 5.41 Å². The monoisotopic (exact) mass is 259 g/mol. The Morgan fingerprint density at radius 1 is 1.00 bits per heavy atom. The average Bonchev–Trinajstić information content (AvgIpc) is 2.36. The van der Waals surface area contributed by atoms with Crippen molar-refractivity contribution in [1.82, 2.24) is 5.32 Å². The molecule has 0 aromatic heterocycles. The van der Waals surface area contributed by atoms with Crippen LogP contribution in [0.3, 0.4) is 0 Å².